The molecule has 1 heterocycles. The second kappa shape index (κ2) is 10.8. The summed E-state index contributed by atoms with van der Waals surface area (Å²) in [5.41, 5.74) is 0.471. The summed E-state index contributed by atoms with van der Waals surface area (Å²) in [5, 5.41) is 6.67. The standard InChI is InChI=1S/C19H21FN2O4S2/c1-12(16-4-3-9-27-16)21-17(23)10-26-19(25)13(2)28-11-18(24)22-15-7-5-14(20)6-8-15/h3-9,12-13H,10-11H2,1-2H3,(H,21,23)(H,22,24)/t12-,13+/m0/s1. The van der Waals surface area contributed by atoms with Gasteiger partial charge in [-0.05, 0) is 49.6 Å². The number of carbonyl (C=O) groups is 3. The predicted octanol–water partition coefficient (Wildman–Crippen LogP) is 3.37. The Hall–Kier alpha value is -2.39. The minimum atomic E-state index is -0.610. The van der Waals surface area contributed by atoms with Crippen molar-refractivity contribution in [2.45, 2.75) is 25.1 Å². The number of hydrogen-bond donors (Lipinski definition) is 2. The van der Waals surface area contributed by atoms with Crippen LogP contribution in [0, 0.1) is 5.82 Å². The fourth-order valence-electron chi connectivity index (χ4n) is 2.14. The highest BCUT2D eigenvalue weighted by Gasteiger charge is 2.19. The maximum atomic E-state index is 12.8. The fraction of sp³-hybridized carbons (Fsp3) is 0.316. The Kier molecular flexibility index (Phi) is 8.46. The minimum absolute atomic E-state index is 0.0231. The van der Waals surface area contributed by atoms with Gasteiger partial charge in [-0.2, -0.15) is 0 Å². The van der Waals surface area contributed by atoms with E-state index in [0.29, 0.717) is 5.69 Å². The molecular formula is C19H21FN2O4S2. The van der Waals surface area contributed by atoms with Crippen LogP contribution in [0.3, 0.4) is 0 Å². The quantitative estimate of drug-likeness (QED) is 0.603. The fourth-order valence-corrected chi connectivity index (χ4v) is 3.56. The molecule has 9 heteroatoms. The van der Waals surface area contributed by atoms with Crippen LogP contribution in [0.15, 0.2) is 41.8 Å². The molecule has 2 atom stereocenters. The molecular weight excluding hydrogens is 403 g/mol. The van der Waals surface area contributed by atoms with Crippen molar-refractivity contribution in [3.8, 4) is 0 Å². The molecule has 2 aromatic rings. The van der Waals surface area contributed by atoms with Crippen LogP contribution in [0.25, 0.3) is 0 Å². The maximum absolute atomic E-state index is 12.8. The summed E-state index contributed by atoms with van der Waals surface area (Å²) in [7, 11) is 0. The van der Waals surface area contributed by atoms with Crippen LogP contribution in [-0.4, -0.2) is 35.4 Å². The van der Waals surface area contributed by atoms with Gasteiger partial charge in [-0.25, -0.2) is 4.39 Å². The monoisotopic (exact) mass is 424 g/mol. The third-order valence-corrected chi connectivity index (χ3v) is 5.79. The van der Waals surface area contributed by atoms with Crippen molar-refractivity contribution in [1.82, 2.24) is 5.32 Å². The Morgan fingerprint density at radius 1 is 1.14 bits per heavy atom. The molecule has 28 heavy (non-hydrogen) atoms. The van der Waals surface area contributed by atoms with Gasteiger partial charge in [-0.1, -0.05) is 6.07 Å². The predicted molar refractivity (Wildman–Crippen MR) is 109 cm³/mol. The van der Waals surface area contributed by atoms with E-state index < -0.39 is 17.0 Å². The summed E-state index contributed by atoms with van der Waals surface area (Å²) >= 11 is 2.62. The lowest BCUT2D eigenvalue weighted by molar-refractivity contribution is -0.147. The number of hydrogen-bond acceptors (Lipinski definition) is 6. The Balaban J connectivity index is 1.66. The molecule has 2 amide bonds. The van der Waals surface area contributed by atoms with Gasteiger partial charge in [0.15, 0.2) is 6.61 Å². The molecule has 1 aromatic heterocycles. The number of ether oxygens (including phenoxy) is 1. The van der Waals surface area contributed by atoms with E-state index in [2.05, 4.69) is 10.6 Å². The summed E-state index contributed by atoms with van der Waals surface area (Å²) < 4.78 is 17.8. The number of anilines is 1. The Labute approximate surface area is 170 Å². The van der Waals surface area contributed by atoms with Crippen LogP contribution in [0.1, 0.15) is 24.8 Å². The lowest BCUT2D eigenvalue weighted by Crippen LogP contribution is -2.32. The van der Waals surface area contributed by atoms with Crippen molar-refractivity contribution < 1.29 is 23.5 Å². The lowest BCUT2D eigenvalue weighted by atomic mass is 10.3. The van der Waals surface area contributed by atoms with Gasteiger partial charge in [0.1, 0.15) is 11.1 Å². The summed E-state index contributed by atoms with van der Waals surface area (Å²) in [4.78, 5) is 36.8. The van der Waals surface area contributed by atoms with Crippen LogP contribution >= 0.6 is 23.1 Å². The van der Waals surface area contributed by atoms with E-state index in [-0.39, 0.29) is 30.2 Å². The van der Waals surface area contributed by atoms with Gasteiger partial charge in [0.05, 0.1) is 11.8 Å². The largest absolute Gasteiger partial charge is 0.455 e. The molecule has 6 nitrogen and oxygen atoms in total. The highest BCUT2D eigenvalue weighted by molar-refractivity contribution is 8.01. The van der Waals surface area contributed by atoms with Gasteiger partial charge in [0.25, 0.3) is 5.91 Å². The van der Waals surface area contributed by atoms with Crippen molar-refractivity contribution >= 4 is 46.6 Å². The second-order valence-corrected chi connectivity index (χ2v) is 8.23. The molecule has 1 aromatic carbocycles. The zero-order valence-electron chi connectivity index (χ0n) is 15.4. The molecule has 0 saturated heterocycles. The molecule has 0 bridgehead atoms. The van der Waals surface area contributed by atoms with E-state index in [1.54, 1.807) is 6.92 Å². The van der Waals surface area contributed by atoms with E-state index >= 15 is 0 Å². The molecule has 0 radical (unpaired) electrons. The Morgan fingerprint density at radius 3 is 2.50 bits per heavy atom. The van der Waals surface area contributed by atoms with Crippen LogP contribution in [-0.2, 0) is 19.1 Å². The van der Waals surface area contributed by atoms with E-state index in [0.717, 1.165) is 16.6 Å². The van der Waals surface area contributed by atoms with Crippen molar-refractivity contribution in [1.29, 1.82) is 0 Å². The van der Waals surface area contributed by atoms with Crippen LogP contribution < -0.4 is 10.6 Å². The molecule has 0 aliphatic heterocycles. The number of amides is 2. The summed E-state index contributed by atoms with van der Waals surface area (Å²) in [5.74, 6) is -1.65. The zero-order valence-corrected chi connectivity index (χ0v) is 17.1. The maximum Gasteiger partial charge on any atom is 0.319 e. The highest BCUT2D eigenvalue weighted by Crippen LogP contribution is 2.18. The first kappa shape index (κ1) is 21.9. The van der Waals surface area contributed by atoms with Gasteiger partial charge >= 0.3 is 5.97 Å². The average Bonchev–Trinajstić information content (AvgIpc) is 3.21. The lowest BCUT2D eigenvalue weighted by Gasteiger charge is -2.14. The smallest absolute Gasteiger partial charge is 0.319 e. The summed E-state index contributed by atoms with van der Waals surface area (Å²) in [6.45, 7) is 3.08. The first-order valence-electron chi connectivity index (χ1n) is 8.51. The first-order chi connectivity index (χ1) is 13.3. The minimum Gasteiger partial charge on any atom is -0.455 e. The number of rotatable bonds is 9. The van der Waals surface area contributed by atoms with Gasteiger partial charge in [-0.3, -0.25) is 14.4 Å². The number of benzene rings is 1. The normalized spacial score (nSPS) is 12.7. The molecule has 0 fully saturated rings. The summed E-state index contributed by atoms with van der Waals surface area (Å²) in [6.07, 6.45) is 0. The van der Waals surface area contributed by atoms with Crippen molar-refractivity contribution in [2.24, 2.45) is 0 Å². The number of esters is 1. The third-order valence-electron chi connectivity index (χ3n) is 3.62. The number of halogens is 1. The zero-order chi connectivity index (χ0) is 20.5. The van der Waals surface area contributed by atoms with E-state index in [4.69, 9.17) is 4.74 Å². The number of carbonyl (C=O) groups excluding carboxylic acids is 3. The Bertz CT molecular complexity index is 797. The van der Waals surface area contributed by atoms with Crippen LogP contribution in [0.2, 0.25) is 0 Å². The molecule has 2 rings (SSSR count). The van der Waals surface area contributed by atoms with E-state index in [1.165, 1.54) is 35.6 Å². The summed E-state index contributed by atoms with van der Waals surface area (Å²) in [6, 6.07) is 9.04. The van der Waals surface area contributed by atoms with E-state index in [1.807, 2.05) is 24.4 Å². The number of nitrogens with one attached hydrogen (secondary N) is 2. The van der Waals surface area contributed by atoms with E-state index in [9.17, 15) is 18.8 Å². The highest BCUT2D eigenvalue weighted by atomic mass is 32.2. The van der Waals surface area contributed by atoms with Gasteiger partial charge in [0.2, 0.25) is 5.91 Å². The van der Waals surface area contributed by atoms with Gasteiger partial charge in [-0.15, -0.1) is 23.1 Å². The Morgan fingerprint density at radius 2 is 1.86 bits per heavy atom. The number of thioether (sulfide) groups is 1. The molecule has 150 valence electrons. The third kappa shape index (κ3) is 7.32. The van der Waals surface area contributed by atoms with Crippen LogP contribution in [0.4, 0.5) is 10.1 Å². The van der Waals surface area contributed by atoms with Crippen molar-refractivity contribution in [2.75, 3.05) is 17.7 Å². The van der Waals surface area contributed by atoms with Crippen molar-refractivity contribution in [3.63, 3.8) is 0 Å². The van der Waals surface area contributed by atoms with Crippen molar-refractivity contribution in [3.05, 3.63) is 52.5 Å². The molecule has 0 spiro atoms. The SMILES string of the molecule is C[C@H](NC(=O)COC(=O)[C@@H](C)SCC(=O)Nc1ccc(F)cc1)c1cccs1. The topological polar surface area (TPSA) is 84.5 Å². The van der Waals surface area contributed by atoms with Gasteiger partial charge < -0.3 is 15.4 Å². The first-order valence-corrected chi connectivity index (χ1v) is 10.4. The molecule has 2 N–H and O–H groups in total. The molecule has 0 saturated carbocycles. The average molecular weight is 425 g/mol. The molecule has 0 aliphatic rings. The second-order valence-electron chi connectivity index (χ2n) is 5.92. The molecule has 0 aliphatic carbocycles. The number of thiophene rings is 1. The van der Waals surface area contributed by atoms with Crippen LogP contribution in [0.5, 0.6) is 0 Å². The van der Waals surface area contributed by atoms with Gasteiger partial charge in [0, 0.05) is 10.6 Å². The molecule has 0 unspecified atom stereocenters.